The van der Waals surface area contributed by atoms with Crippen molar-refractivity contribution in [1.82, 2.24) is 0 Å². The predicted octanol–water partition coefficient (Wildman–Crippen LogP) is 5.68. The molecule has 0 heterocycles. The van der Waals surface area contributed by atoms with Gasteiger partial charge in [-0.25, -0.2) is 4.39 Å². The highest BCUT2D eigenvalue weighted by Crippen LogP contribution is 2.43. The second kappa shape index (κ2) is 8.06. The van der Waals surface area contributed by atoms with Gasteiger partial charge in [-0.05, 0) is 74.2 Å². The first-order valence-electron chi connectivity index (χ1n) is 9.57. The zero-order chi connectivity index (χ0) is 20.2. The number of rotatable bonds is 1. The second-order valence-electron chi connectivity index (χ2n) is 7.22. The molecule has 138 valence electrons. The Morgan fingerprint density at radius 2 is 1.24 bits per heavy atom. The summed E-state index contributed by atoms with van der Waals surface area (Å²) in [6.07, 6.45) is 1.98. The van der Waals surface area contributed by atoms with E-state index in [0.717, 1.165) is 29.5 Å². The molecule has 1 fully saturated rings. The second-order valence-corrected chi connectivity index (χ2v) is 7.22. The van der Waals surface area contributed by atoms with Gasteiger partial charge >= 0.3 is 0 Å². The summed E-state index contributed by atoms with van der Waals surface area (Å²) in [4.78, 5) is 0. The molecule has 0 amide bonds. The number of hydrogen-bond acceptors (Lipinski definition) is 1. The van der Waals surface area contributed by atoms with Crippen LogP contribution in [0.3, 0.4) is 0 Å². The molecule has 4 rings (SSSR count). The highest BCUT2D eigenvalue weighted by molar-refractivity contribution is 5.54. The summed E-state index contributed by atoms with van der Waals surface area (Å²) < 4.78 is 15.2. The van der Waals surface area contributed by atoms with Gasteiger partial charge in [-0.2, -0.15) is 5.26 Å². The fourth-order valence-corrected chi connectivity index (χ4v) is 3.11. The van der Waals surface area contributed by atoms with E-state index < -0.39 is 0 Å². The van der Waals surface area contributed by atoms with E-state index >= 15 is 4.39 Å². The van der Waals surface area contributed by atoms with Crippen LogP contribution in [0.1, 0.15) is 57.7 Å². The molecule has 0 unspecified atom stereocenters. The zero-order valence-electron chi connectivity index (χ0n) is 16.1. The van der Waals surface area contributed by atoms with Crippen LogP contribution in [0, 0.1) is 47.8 Å². The smallest absolute Gasteiger partial charge is 0.143 e. The molecule has 0 N–H and O–H groups in total. The molecule has 3 aromatic carbocycles. The third-order valence-corrected chi connectivity index (χ3v) is 4.91. The average Bonchev–Trinajstić information content (AvgIpc) is 3.58. The van der Waals surface area contributed by atoms with Crippen molar-refractivity contribution in [2.24, 2.45) is 0 Å². The van der Waals surface area contributed by atoms with Gasteiger partial charge in [-0.3, -0.25) is 0 Å². The van der Waals surface area contributed by atoms with Crippen LogP contribution in [0.4, 0.5) is 4.39 Å². The van der Waals surface area contributed by atoms with E-state index in [4.69, 9.17) is 5.26 Å². The molecule has 1 nitrogen and oxygen atoms in total. The summed E-state index contributed by atoms with van der Waals surface area (Å²) in [6, 6.07) is 20.6. The molecule has 0 bridgehead atoms. The van der Waals surface area contributed by atoms with Gasteiger partial charge in [0.15, 0.2) is 0 Å². The monoisotopic (exact) mass is 375 g/mol. The fourth-order valence-electron chi connectivity index (χ4n) is 3.11. The van der Waals surface area contributed by atoms with Crippen molar-refractivity contribution >= 4 is 0 Å². The molecule has 3 aromatic rings. The number of nitrogens with zero attached hydrogens (tertiary/aromatic N) is 1. The Morgan fingerprint density at radius 3 is 1.83 bits per heavy atom. The van der Waals surface area contributed by atoms with Crippen LogP contribution in [0.5, 0.6) is 0 Å². The lowest BCUT2D eigenvalue weighted by Gasteiger charge is -2.06. The first-order valence-corrected chi connectivity index (χ1v) is 9.57. The van der Waals surface area contributed by atoms with Crippen LogP contribution in [-0.4, -0.2) is 0 Å². The van der Waals surface area contributed by atoms with Gasteiger partial charge in [0, 0.05) is 22.3 Å². The minimum absolute atomic E-state index is 0.231. The summed E-state index contributed by atoms with van der Waals surface area (Å²) >= 11 is 0. The van der Waals surface area contributed by atoms with Crippen molar-refractivity contribution in [3.8, 4) is 29.8 Å². The van der Waals surface area contributed by atoms with Crippen molar-refractivity contribution < 1.29 is 4.39 Å². The van der Waals surface area contributed by atoms with E-state index in [1.54, 1.807) is 30.3 Å². The van der Waals surface area contributed by atoms with Crippen LogP contribution in [0.15, 0.2) is 60.7 Å². The summed E-state index contributed by atoms with van der Waals surface area (Å²) in [5.41, 5.74) is 5.25. The van der Waals surface area contributed by atoms with Gasteiger partial charge in [-0.1, -0.05) is 41.4 Å². The Kier molecular flexibility index (Phi) is 5.16. The largest absolute Gasteiger partial charge is 0.205 e. The van der Waals surface area contributed by atoms with Gasteiger partial charge in [0.1, 0.15) is 5.82 Å². The number of benzene rings is 3. The molecule has 1 aliphatic rings. The molecule has 0 spiro atoms. The van der Waals surface area contributed by atoms with Crippen molar-refractivity contribution in [3.05, 3.63) is 105 Å². The number of aryl methyl sites for hydroxylation is 1. The third-order valence-electron chi connectivity index (χ3n) is 4.91. The lowest BCUT2D eigenvalue weighted by Crippen LogP contribution is -1.97. The fraction of sp³-hybridized carbons (Fsp3) is 0.148. The van der Waals surface area contributed by atoms with E-state index in [2.05, 4.69) is 29.8 Å². The standard InChI is InChI=1S/C27H18FN/c1-19-2-4-20(5-3-19)10-12-23-16-17-25(27(28)26(23)24-14-15-24)13-11-21-6-8-22(18-29)9-7-21/h2-9,16-17,24H,14-15H2,1H3. The van der Waals surface area contributed by atoms with Crippen molar-refractivity contribution in [2.45, 2.75) is 25.7 Å². The lowest BCUT2D eigenvalue weighted by atomic mass is 9.98. The number of hydrogen-bond donors (Lipinski definition) is 0. The van der Waals surface area contributed by atoms with E-state index in [1.165, 1.54) is 5.56 Å². The summed E-state index contributed by atoms with van der Waals surface area (Å²) in [7, 11) is 0. The molecule has 0 aliphatic heterocycles. The van der Waals surface area contributed by atoms with E-state index in [9.17, 15) is 0 Å². The Morgan fingerprint density at radius 1 is 0.724 bits per heavy atom. The van der Waals surface area contributed by atoms with Crippen LogP contribution in [-0.2, 0) is 0 Å². The quantitative estimate of drug-likeness (QED) is 0.502. The Hall–Kier alpha value is -3.80. The maximum absolute atomic E-state index is 15.2. The summed E-state index contributed by atoms with van der Waals surface area (Å²) in [5, 5.41) is 8.87. The molecular weight excluding hydrogens is 357 g/mol. The van der Waals surface area contributed by atoms with Gasteiger partial charge in [0.2, 0.25) is 0 Å². The van der Waals surface area contributed by atoms with Crippen molar-refractivity contribution in [2.75, 3.05) is 0 Å². The zero-order valence-corrected chi connectivity index (χ0v) is 16.1. The van der Waals surface area contributed by atoms with Gasteiger partial charge in [0.25, 0.3) is 0 Å². The minimum atomic E-state index is -0.260. The van der Waals surface area contributed by atoms with Crippen molar-refractivity contribution in [3.63, 3.8) is 0 Å². The predicted molar refractivity (Wildman–Crippen MR) is 113 cm³/mol. The van der Waals surface area contributed by atoms with Crippen LogP contribution < -0.4 is 0 Å². The van der Waals surface area contributed by atoms with Gasteiger partial charge in [-0.15, -0.1) is 0 Å². The molecule has 0 saturated heterocycles. The highest BCUT2D eigenvalue weighted by atomic mass is 19.1. The average molecular weight is 375 g/mol. The summed E-state index contributed by atoms with van der Waals surface area (Å²) in [5.74, 6) is 12.2. The molecule has 1 saturated carbocycles. The topological polar surface area (TPSA) is 23.8 Å². The number of halogens is 1. The van der Waals surface area contributed by atoms with Gasteiger partial charge in [0.05, 0.1) is 17.2 Å². The summed E-state index contributed by atoms with van der Waals surface area (Å²) in [6.45, 7) is 2.04. The highest BCUT2D eigenvalue weighted by Gasteiger charge is 2.29. The third kappa shape index (κ3) is 4.38. The van der Waals surface area contributed by atoms with E-state index in [0.29, 0.717) is 16.7 Å². The molecule has 29 heavy (non-hydrogen) atoms. The molecular formula is C27H18FN. The SMILES string of the molecule is Cc1ccc(C#Cc2ccc(C#Cc3ccc(C#N)cc3)c(F)c2C2CC2)cc1. The maximum atomic E-state index is 15.2. The number of nitriles is 1. The first kappa shape index (κ1) is 18.6. The van der Waals surface area contributed by atoms with E-state index in [1.807, 2.05) is 37.3 Å². The molecule has 0 radical (unpaired) electrons. The first-order chi connectivity index (χ1) is 14.1. The molecule has 2 heteroatoms. The Bertz CT molecular complexity index is 1220. The van der Waals surface area contributed by atoms with E-state index in [-0.39, 0.29) is 11.7 Å². The molecule has 1 aliphatic carbocycles. The normalized spacial score (nSPS) is 12.2. The minimum Gasteiger partial charge on any atom is -0.205 e. The molecule has 0 atom stereocenters. The van der Waals surface area contributed by atoms with Gasteiger partial charge < -0.3 is 0 Å². The molecule has 0 aromatic heterocycles. The Labute approximate surface area is 170 Å². The Balaban J connectivity index is 1.67. The maximum Gasteiger partial charge on any atom is 0.143 e. The van der Waals surface area contributed by atoms with Crippen LogP contribution in [0.2, 0.25) is 0 Å². The van der Waals surface area contributed by atoms with Crippen LogP contribution in [0.25, 0.3) is 0 Å². The van der Waals surface area contributed by atoms with Crippen LogP contribution >= 0.6 is 0 Å². The van der Waals surface area contributed by atoms with Crippen molar-refractivity contribution in [1.29, 1.82) is 5.26 Å². The lowest BCUT2D eigenvalue weighted by molar-refractivity contribution is 0.606.